The van der Waals surface area contributed by atoms with Crippen LogP contribution in [0, 0.1) is 25.2 Å². The molecule has 7 nitrogen and oxygen atoms in total. The van der Waals surface area contributed by atoms with E-state index in [9.17, 15) is 14.4 Å². The number of hydrogen-bond acceptors (Lipinski definition) is 6. The highest BCUT2D eigenvalue weighted by molar-refractivity contribution is 6.04. The van der Waals surface area contributed by atoms with Gasteiger partial charge in [-0.05, 0) is 49.2 Å². The molecule has 0 spiro atoms. The van der Waals surface area contributed by atoms with E-state index < -0.39 is 24.5 Å². The molecule has 0 aliphatic heterocycles. The summed E-state index contributed by atoms with van der Waals surface area (Å²) in [6.45, 7) is 3.47. The lowest BCUT2D eigenvalue weighted by Gasteiger charge is -2.22. The summed E-state index contributed by atoms with van der Waals surface area (Å²) in [5.74, 6) is -1.94. The predicted octanol–water partition coefficient (Wildman–Crippen LogP) is 3.19. The van der Waals surface area contributed by atoms with Crippen LogP contribution in [0.15, 0.2) is 42.5 Å². The number of esters is 2. The summed E-state index contributed by atoms with van der Waals surface area (Å²) in [4.78, 5) is 38.4. The molecule has 0 radical (unpaired) electrons. The van der Waals surface area contributed by atoms with Crippen molar-refractivity contribution in [3.05, 3.63) is 64.7 Å². The molecule has 29 heavy (non-hydrogen) atoms. The first kappa shape index (κ1) is 21.6. The van der Waals surface area contributed by atoms with Gasteiger partial charge in [0, 0.05) is 12.2 Å². The van der Waals surface area contributed by atoms with Crippen LogP contribution in [0.4, 0.5) is 5.69 Å². The highest BCUT2D eigenvalue weighted by Crippen LogP contribution is 2.20. The van der Waals surface area contributed by atoms with E-state index in [2.05, 4.69) is 4.74 Å². The normalized spacial score (nSPS) is 10.0. The molecule has 2 rings (SSSR count). The van der Waals surface area contributed by atoms with Crippen LogP contribution in [-0.2, 0) is 14.3 Å². The number of nitrogens with zero attached hydrogens (tertiary/aromatic N) is 2. The summed E-state index contributed by atoms with van der Waals surface area (Å²) in [5.41, 5.74) is 2.65. The van der Waals surface area contributed by atoms with Gasteiger partial charge in [-0.3, -0.25) is 4.79 Å². The second kappa shape index (κ2) is 10.0. The van der Waals surface area contributed by atoms with Crippen LogP contribution in [0.25, 0.3) is 0 Å². The molecule has 0 fully saturated rings. The Labute approximate surface area is 169 Å². The number of aryl methyl sites for hydroxylation is 2. The topological polar surface area (TPSA) is 96.7 Å². The maximum atomic E-state index is 12.7. The highest BCUT2D eigenvalue weighted by atomic mass is 16.5. The zero-order valence-electron chi connectivity index (χ0n) is 16.6. The number of rotatable bonds is 7. The van der Waals surface area contributed by atoms with Gasteiger partial charge in [0.2, 0.25) is 0 Å². The van der Waals surface area contributed by atoms with E-state index in [1.165, 1.54) is 24.1 Å². The van der Waals surface area contributed by atoms with Crippen LogP contribution in [0.1, 0.15) is 38.3 Å². The highest BCUT2D eigenvalue weighted by Gasteiger charge is 2.22. The van der Waals surface area contributed by atoms with Gasteiger partial charge < -0.3 is 14.4 Å². The number of anilines is 1. The lowest BCUT2D eigenvalue weighted by Crippen LogP contribution is -2.35. The molecule has 0 saturated carbocycles. The number of hydrogen-bond donors (Lipinski definition) is 0. The number of benzene rings is 2. The van der Waals surface area contributed by atoms with E-state index in [4.69, 9.17) is 10.00 Å². The van der Waals surface area contributed by atoms with Crippen LogP contribution in [0.5, 0.6) is 0 Å². The fraction of sp³-hybridized carbons (Fsp3) is 0.273. The number of carbonyl (C=O) groups excluding carboxylic acids is 3. The van der Waals surface area contributed by atoms with Crippen molar-refractivity contribution in [1.29, 1.82) is 5.26 Å². The molecule has 2 aromatic rings. The number of ether oxygens (including phenoxy) is 2. The van der Waals surface area contributed by atoms with Gasteiger partial charge in [0.15, 0.2) is 6.61 Å². The minimum Gasteiger partial charge on any atom is -0.465 e. The van der Waals surface area contributed by atoms with Crippen molar-refractivity contribution in [3.8, 4) is 6.07 Å². The lowest BCUT2D eigenvalue weighted by atomic mass is 10.1. The molecule has 0 saturated heterocycles. The van der Waals surface area contributed by atoms with Crippen LogP contribution < -0.4 is 4.90 Å². The number of methoxy groups -OCH3 is 1. The van der Waals surface area contributed by atoms with Gasteiger partial charge in [-0.15, -0.1) is 0 Å². The molecule has 0 atom stereocenters. The summed E-state index contributed by atoms with van der Waals surface area (Å²) in [7, 11) is 1.21. The molecular weight excluding hydrogens is 372 g/mol. The molecule has 0 aliphatic rings. The molecule has 0 N–H and O–H groups in total. The molecule has 0 aromatic heterocycles. The Bertz CT molecular complexity index is 942. The summed E-state index contributed by atoms with van der Waals surface area (Å²) >= 11 is 0. The molecular formula is C22H22N2O5. The third kappa shape index (κ3) is 5.66. The largest absolute Gasteiger partial charge is 0.465 e. The van der Waals surface area contributed by atoms with Crippen molar-refractivity contribution < 1.29 is 23.9 Å². The van der Waals surface area contributed by atoms with Gasteiger partial charge in [-0.25, -0.2) is 9.59 Å². The van der Waals surface area contributed by atoms with Gasteiger partial charge in [-0.1, -0.05) is 18.2 Å². The van der Waals surface area contributed by atoms with E-state index in [0.29, 0.717) is 5.69 Å². The van der Waals surface area contributed by atoms with Crippen molar-refractivity contribution in [2.75, 3.05) is 25.2 Å². The van der Waals surface area contributed by atoms with E-state index in [1.54, 1.807) is 12.1 Å². The molecule has 0 bridgehead atoms. The van der Waals surface area contributed by atoms with Gasteiger partial charge in [0.25, 0.3) is 5.91 Å². The molecule has 2 aromatic carbocycles. The first-order chi connectivity index (χ1) is 13.9. The predicted molar refractivity (Wildman–Crippen MR) is 107 cm³/mol. The first-order valence-electron chi connectivity index (χ1n) is 8.97. The maximum absolute atomic E-state index is 12.7. The second-order valence-electron chi connectivity index (χ2n) is 6.41. The average molecular weight is 394 g/mol. The zero-order valence-corrected chi connectivity index (χ0v) is 16.6. The summed E-state index contributed by atoms with van der Waals surface area (Å²) in [6, 6.07) is 13.7. The van der Waals surface area contributed by atoms with Crippen molar-refractivity contribution in [1.82, 2.24) is 0 Å². The Morgan fingerprint density at radius 3 is 2.14 bits per heavy atom. The molecule has 1 amide bonds. The second-order valence-corrected chi connectivity index (χ2v) is 6.41. The maximum Gasteiger partial charge on any atom is 0.339 e. The Kier molecular flexibility index (Phi) is 7.49. The lowest BCUT2D eigenvalue weighted by molar-refractivity contribution is -0.121. The summed E-state index contributed by atoms with van der Waals surface area (Å²) in [5, 5.41) is 8.91. The average Bonchev–Trinajstić information content (AvgIpc) is 2.71. The molecule has 0 unspecified atom stereocenters. The standard InChI is InChI=1S/C22H22N2O5/c1-15-11-16(2)13-17(12-15)24(10-6-9-23)20(25)14-29-22(27)19-8-5-4-7-18(19)21(26)28-3/h4-5,7-8,11-13H,6,10,14H2,1-3H3. The zero-order chi connectivity index (χ0) is 21.4. The Morgan fingerprint density at radius 1 is 1.00 bits per heavy atom. The number of nitriles is 1. The van der Waals surface area contributed by atoms with E-state index in [1.807, 2.05) is 38.1 Å². The fourth-order valence-electron chi connectivity index (χ4n) is 2.90. The van der Waals surface area contributed by atoms with Crippen LogP contribution in [-0.4, -0.2) is 38.1 Å². The van der Waals surface area contributed by atoms with E-state index in [0.717, 1.165) is 11.1 Å². The fourth-order valence-corrected chi connectivity index (χ4v) is 2.90. The Hall–Kier alpha value is -3.66. The Balaban J connectivity index is 2.17. The minimum absolute atomic E-state index is 0.0159. The third-order valence-electron chi connectivity index (χ3n) is 4.15. The van der Waals surface area contributed by atoms with Crippen molar-refractivity contribution in [2.45, 2.75) is 20.3 Å². The van der Waals surface area contributed by atoms with E-state index >= 15 is 0 Å². The summed E-state index contributed by atoms with van der Waals surface area (Å²) < 4.78 is 9.81. The SMILES string of the molecule is COC(=O)c1ccccc1C(=O)OCC(=O)N(CCC#N)c1cc(C)cc(C)c1. The van der Waals surface area contributed by atoms with Gasteiger partial charge in [0.05, 0.1) is 30.7 Å². The van der Waals surface area contributed by atoms with Crippen LogP contribution >= 0.6 is 0 Å². The number of carbonyl (C=O) groups is 3. The third-order valence-corrected chi connectivity index (χ3v) is 4.15. The monoisotopic (exact) mass is 394 g/mol. The number of amides is 1. The van der Waals surface area contributed by atoms with Crippen molar-refractivity contribution >= 4 is 23.5 Å². The minimum atomic E-state index is -0.806. The molecule has 150 valence electrons. The molecule has 7 heteroatoms. The molecule has 0 aliphatic carbocycles. The van der Waals surface area contributed by atoms with Crippen molar-refractivity contribution in [2.24, 2.45) is 0 Å². The van der Waals surface area contributed by atoms with Crippen LogP contribution in [0.2, 0.25) is 0 Å². The first-order valence-corrected chi connectivity index (χ1v) is 8.97. The van der Waals surface area contributed by atoms with Crippen molar-refractivity contribution in [3.63, 3.8) is 0 Å². The smallest absolute Gasteiger partial charge is 0.339 e. The van der Waals surface area contributed by atoms with Gasteiger partial charge in [0.1, 0.15) is 0 Å². The summed E-state index contributed by atoms with van der Waals surface area (Å²) in [6.07, 6.45) is 0.137. The molecule has 0 heterocycles. The van der Waals surface area contributed by atoms with E-state index in [-0.39, 0.29) is 24.1 Å². The van der Waals surface area contributed by atoms with Gasteiger partial charge in [-0.2, -0.15) is 5.26 Å². The van der Waals surface area contributed by atoms with Gasteiger partial charge >= 0.3 is 11.9 Å². The van der Waals surface area contributed by atoms with Crippen LogP contribution in [0.3, 0.4) is 0 Å². The Morgan fingerprint density at radius 2 is 1.59 bits per heavy atom. The quantitative estimate of drug-likeness (QED) is 0.669.